The van der Waals surface area contributed by atoms with Gasteiger partial charge in [0.15, 0.2) is 0 Å². The van der Waals surface area contributed by atoms with Gasteiger partial charge in [-0.15, -0.1) is 5.10 Å². The number of hydrogen-bond donors (Lipinski definition) is 1. The highest BCUT2D eigenvalue weighted by molar-refractivity contribution is 7.92. The molecule has 1 aromatic heterocycles. The molecule has 0 saturated carbocycles. The molecular weight excluding hydrogens is 318 g/mol. The van der Waals surface area contributed by atoms with Gasteiger partial charge in [0.1, 0.15) is 16.3 Å². The number of fused-ring (bicyclic) bond motifs is 1. The summed E-state index contributed by atoms with van der Waals surface area (Å²) in [6, 6.07) is 5.17. The van der Waals surface area contributed by atoms with Crippen LogP contribution in [0.3, 0.4) is 0 Å². The van der Waals surface area contributed by atoms with Gasteiger partial charge in [0, 0.05) is 7.05 Å². The quantitative estimate of drug-likeness (QED) is 0.902. The Labute approximate surface area is 135 Å². The second kappa shape index (κ2) is 6.11. The minimum atomic E-state index is -3.79. The molecule has 0 saturated heterocycles. The molecule has 2 heterocycles. The molecule has 0 spiro atoms. The second-order valence-corrected chi connectivity index (χ2v) is 6.91. The van der Waals surface area contributed by atoms with Gasteiger partial charge in [-0.1, -0.05) is 12.1 Å². The first kappa shape index (κ1) is 15.7. The van der Waals surface area contributed by atoms with Crippen molar-refractivity contribution in [1.29, 1.82) is 0 Å². The lowest BCUT2D eigenvalue weighted by atomic mass is 10.1. The Morgan fingerprint density at radius 2 is 2.26 bits per heavy atom. The van der Waals surface area contributed by atoms with Crippen molar-refractivity contribution in [1.82, 2.24) is 9.78 Å². The van der Waals surface area contributed by atoms with Gasteiger partial charge in [0.2, 0.25) is 0 Å². The zero-order valence-corrected chi connectivity index (χ0v) is 13.9. The van der Waals surface area contributed by atoms with Crippen molar-refractivity contribution in [2.45, 2.75) is 24.7 Å². The highest BCUT2D eigenvalue weighted by Gasteiger charge is 2.25. The standard InChI is InChI=1S/C15H19N3O4S/c1-3-21-15-12(10-18(2)16-15)17-23(19,20)13-8-4-6-11-7-5-9-22-14(11)13/h4,6,8,10,17H,3,5,7,9H2,1-2H3. The number of aryl methyl sites for hydroxylation is 2. The number of hydrogen-bond acceptors (Lipinski definition) is 5. The fourth-order valence-electron chi connectivity index (χ4n) is 2.55. The van der Waals surface area contributed by atoms with Crippen molar-refractivity contribution in [2.75, 3.05) is 17.9 Å². The average Bonchev–Trinajstić information content (AvgIpc) is 2.86. The Morgan fingerprint density at radius 3 is 3.04 bits per heavy atom. The predicted molar refractivity (Wildman–Crippen MR) is 85.4 cm³/mol. The maximum absolute atomic E-state index is 12.8. The number of para-hydroxylation sites is 1. The van der Waals surface area contributed by atoms with Crippen molar-refractivity contribution >= 4 is 15.7 Å². The van der Waals surface area contributed by atoms with Gasteiger partial charge in [0.25, 0.3) is 15.9 Å². The van der Waals surface area contributed by atoms with E-state index in [4.69, 9.17) is 9.47 Å². The maximum atomic E-state index is 12.8. The van der Waals surface area contributed by atoms with E-state index in [1.54, 1.807) is 25.4 Å². The Morgan fingerprint density at radius 1 is 1.43 bits per heavy atom. The summed E-state index contributed by atoms with van der Waals surface area (Å²) in [6.07, 6.45) is 3.27. The van der Waals surface area contributed by atoms with E-state index in [9.17, 15) is 8.42 Å². The fourth-order valence-corrected chi connectivity index (χ4v) is 3.78. The molecule has 0 aliphatic carbocycles. The number of nitrogens with one attached hydrogen (secondary N) is 1. The third-order valence-corrected chi connectivity index (χ3v) is 4.90. The van der Waals surface area contributed by atoms with E-state index in [2.05, 4.69) is 9.82 Å². The Hall–Kier alpha value is -2.22. The molecule has 0 fully saturated rings. The summed E-state index contributed by atoms with van der Waals surface area (Å²) in [5, 5.41) is 4.10. The van der Waals surface area contributed by atoms with Crippen LogP contribution in [0.15, 0.2) is 29.3 Å². The number of rotatable bonds is 5. The zero-order chi connectivity index (χ0) is 16.4. The minimum Gasteiger partial charge on any atom is -0.492 e. The van der Waals surface area contributed by atoms with Crippen LogP contribution >= 0.6 is 0 Å². The summed E-state index contributed by atoms with van der Waals surface area (Å²) in [5.41, 5.74) is 1.22. The summed E-state index contributed by atoms with van der Waals surface area (Å²) in [6.45, 7) is 2.74. The minimum absolute atomic E-state index is 0.140. The number of ether oxygens (including phenoxy) is 2. The Balaban J connectivity index is 1.97. The molecule has 1 aliphatic rings. The summed E-state index contributed by atoms with van der Waals surface area (Å²) < 4.78 is 40.5. The largest absolute Gasteiger partial charge is 0.492 e. The van der Waals surface area contributed by atoms with E-state index < -0.39 is 10.0 Å². The van der Waals surface area contributed by atoms with Gasteiger partial charge in [0.05, 0.1) is 19.4 Å². The SMILES string of the molecule is CCOc1nn(C)cc1NS(=O)(=O)c1cccc2c1OCCC2. The van der Waals surface area contributed by atoms with E-state index in [0.29, 0.717) is 24.7 Å². The van der Waals surface area contributed by atoms with E-state index in [1.807, 2.05) is 13.0 Å². The maximum Gasteiger partial charge on any atom is 0.265 e. The summed E-state index contributed by atoms with van der Waals surface area (Å²) in [5.74, 6) is 0.692. The number of nitrogens with zero attached hydrogens (tertiary/aromatic N) is 2. The van der Waals surface area contributed by atoms with Crippen LogP contribution in [-0.4, -0.2) is 31.4 Å². The monoisotopic (exact) mass is 337 g/mol. The van der Waals surface area contributed by atoms with Crippen LogP contribution in [0.1, 0.15) is 18.9 Å². The van der Waals surface area contributed by atoms with Crippen LogP contribution in [0.4, 0.5) is 5.69 Å². The molecule has 1 aliphatic heterocycles. The zero-order valence-electron chi connectivity index (χ0n) is 13.1. The molecule has 124 valence electrons. The van der Waals surface area contributed by atoms with E-state index in [0.717, 1.165) is 18.4 Å². The number of benzene rings is 1. The van der Waals surface area contributed by atoms with E-state index >= 15 is 0 Å². The van der Waals surface area contributed by atoms with Crippen molar-refractivity contribution in [3.63, 3.8) is 0 Å². The summed E-state index contributed by atoms with van der Waals surface area (Å²) in [4.78, 5) is 0.140. The number of aromatic nitrogens is 2. The molecule has 0 unspecified atom stereocenters. The third kappa shape index (κ3) is 3.12. The topological polar surface area (TPSA) is 82.5 Å². The first-order chi connectivity index (χ1) is 11.0. The average molecular weight is 337 g/mol. The van der Waals surface area contributed by atoms with Gasteiger partial charge in [-0.05, 0) is 31.4 Å². The molecule has 7 nitrogen and oxygen atoms in total. The summed E-state index contributed by atoms with van der Waals surface area (Å²) >= 11 is 0. The Kier molecular flexibility index (Phi) is 4.16. The van der Waals surface area contributed by atoms with Crippen molar-refractivity contribution in [2.24, 2.45) is 7.05 Å². The number of sulfonamides is 1. The van der Waals surface area contributed by atoms with Crippen LogP contribution in [0.2, 0.25) is 0 Å². The molecule has 8 heteroatoms. The second-order valence-electron chi connectivity index (χ2n) is 5.26. The van der Waals surface area contributed by atoms with Crippen LogP contribution in [0, 0.1) is 0 Å². The fraction of sp³-hybridized carbons (Fsp3) is 0.400. The molecular formula is C15H19N3O4S. The van der Waals surface area contributed by atoms with Crippen LogP contribution in [0.25, 0.3) is 0 Å². The van der Waals surface area contributed by atoms with E-state index in [-0.39, 0.29) is 10.8 Å². The van der Waals surface area contributed by atoms with Gasteiger partial charge >= 0.3 is 0 Å². The van der Waals surface area contributed by atoms with Crippen LogP contribution < -0.4 is 14.2 Å². The number of anilines is 1. The first-order valence-electron chi connectivity index (χ1n) is 7.45. The highest BCUT2D eigenvalue weighted by Crippen LogP contribution is 2.34. The van der Waals surface area contributed by atoms with E-state index in [1.165, 1.54) is 4.68 Å². The van der Waals surface area contributed by atoms with Crippen molar-refractivity contribution in [3.05, 3.63) is 30.0 Å². The lowest BCUT2D eigenvalue weighted by Crippen LogP contribution is -2.18. The molecule has 0 radical (unpaired) electrons. The first-order valence-corrected chi connectivity index (χ1v) is 8.93. The molecule has 3 rings (SSSR count). The molecule has 0 amide bonds. The molecule has 1 N–H and O–H groups in total. The normalized spacial score (nSPS) is 14.0. The predicted octanol–water partition coefficient (Wildman–Crippen LogP) is 1.94. The van der Waals surface area contributed by atoms with Crippen LogP contribution in [-0.2, 0) is 23.5 Å². The van der Waals surface area contributed by atoms with Gasteiger partial charge in [-0.25, -0.2) is 8.42 Å². The van der Waals surface area contributed by atoms with Crippen molar-refractivity contribution in [3.8, 4) is 11.6 Å². The summed E-state index contributed by atoms with van der Waals surface area (Å²) in [7, 11) is -2.09. The third-order valence-electron chi connectivity index (χ3n) is 3.51. The van der Waals surface area contributed by atoms with Gasteiger partial charge in [-0.2, -0.15) is 0 Å². The molecule has 1 aromatic carbocycles. The smallest absolute Gasteiger partial charge is 0.265 e. The lowest BCUT2D eigenvalue weighted by Gasteiger charge is -2.20. The highest BCUT2D eigenvalue weighted by atomic mass is 32.2. The lowest BCUT2D eigenvalue weighted by molar-refractivity contribution is 0.280. The molecule has 2 aromatic rings. The molecule has 0 atom stereocenters. The van der Waals surface area contributed by atoms with Crippen molar-refractivity contribution < 1.29 is 17.9 Å². The van der Waals surface area contributed by atoms with Crippen LogP contribution in [0.5, 0.6) is 11.6 Å². The Bertz CT molecular complexity index is 814. The molecule has 23 heavy (non-hydrogen) atoms. The van der Waals surface area contributed by atoms with Gasteiger partial charge in [-0.3, -0.25) is 9.40 Å². The molecule has 0 bridgehead atoms. The van der Waals surface area contributed by atoms with Gasteiger partial charge < -0.3 is 9.47 Å².